The van der Waals surface area contributed by atoms with E-state index in [4.69, 9.17) is 15.2 Å². The molecule has 2 unspecified atom stereocenters. The second-order valence-corrected chi connectivity index (χ2v) is 5.53. The highest BCUT2D eigenvalue weighted by Gasteiger charge is 2.47. The van der Waals surface area contributed by atoms with E-state index in [2.05, 4.69) is 0 Å². The molecule has 2 atom stereocenters. The first-order chi connectivity index (χ1) is 11.2. The Morgan fingerprint density at radius 1 is 1.09 bits per heavy atom. The number of nitrogens with zero attached hydrogens (tertiary/aromatic N) is 1. The van der Waals surface area contributed by atoms with Gasteiger partial charge in [-0.15, -0.1) is 0 Å². The lowest BCUT2D eigenvalue weighted by Crippen LogP contribution is -2.63. The SMILES string of the molecule is NC1C(=O)N(c2ccc3c(c2)OCCO3)C1c1ccccc1F. The van der Waals surface area contributed by atoms with Crippen molar-refractivity contribution in [2.45, 2.75) is 12.1 Å². The number of β-lactam (4-membered cyclic amide) rings is 1. The van der Waals surface area contributed by atoms with Crippen LogP contribution in [0.2, 0.25) is 0 Å². The minimum atomic E-state index is -0.750. The van der Waals surface area contributed by atoms with Crippen molar-refractivity contribution in [3.63, 3.8) is 0 Å². The number of amides is 1. The van der Waals surface area contributed by atoms with Gasteiger partial charge in [-0.05, 0) is 18.2 Å². The van der Waals surface area contributed by atoms with E-state index in [1.54, 1.807) is 36.4 Å². The molecule has 5 nitrogen and oxygen atoms in total. The minimum Gasteiger partial charge on any atom is -0.486 e. The standard InChI is InChI=1S/C17H15FN2O3/c18-12-4-2-1-3-11(12)16-15(19)17(21)20(16)10-5-6-13-14(9-10)23-8-7-22-13/h1-6,9,15-16H,7-8,19H2. The quantitative estimate of drug-likeness (QED) is 0.861. The number of ether oxygens (including phenoxy) is 2. The Balaban J connectivity index is 1.72. The molecule has 2 aliphatic heterocycles. The van der Waals surface area contributed by atoms with Crippen LogP contribution < -0.4 is 20.1 Å². The monoisotopic (exact) mass is 314 g/mol. The summed E-state index contributed by atoms with van der Waals surface area (Å²) in [5.41, 5.74) is 6.95. The number of carbonyl (C=O) groups is 1. The van der Waals surface area contributed by atoms with Gasteiger partial charge in [-0.1, -0.05) is 18.2 Å². The molecule has 0 radical (unpaired) electrons. The number of rotatable bonds is 2. The lowest BCUT2D eigenvalue weighted by atomic mass is 9.88. The Bertz CT molecular complexity index is 780. The third-order valence-electron chi connectivity index (χ3n) is 4.17. The Hall–Kier alpha value is -2.60. The molecule has 2 aromatic rings. The van der Waals surface area contributed by atoms with Crippen LogP contribution in [0.25, 0.3) is 0 Å². The van der Waals surface area contributed by atoms with Gasteiger partial charge in [0.1, 0.15) is 25.1 Å². The van der Waals surface area contributed by atoms with Gasteiger partial charge in [-0.25, -0.2) is 4.39 Å². The van der Waals surface area contributed by atoms with Crippen LogP contribution in [-0.4, -0.2) is 25.2 Å². The highest BCUT2D eigenvalue weighted by atomic mass is 19.1. The van der Waals surface area contributed by atoms with Gasteiger partial charge in [-0.2, -0.15) is 0 Å². The van der Waals surface area contributed by atoms with Gasteiger partial charge in [0.15, 0.2) is 11.5 Å². The van der Waals surface area contributed by atoms with Crippen LogP contribution in [0.1, 0.15) is 11.6 Å². The summed E-state index contributed by atoms with van der Waals surface area (Å²) in [6, 6.07) is 10.3. The van der Waals surface area contributed by atoms with E-state index in [1.807, 2.05) is 0 Å². The molecule has 0 saturated carbocycles. The molecular formula is C17H15FN2O3. The maximum absolute atomic E-state index is 14.1. The zero-order valence-electron chi connectivity index (χ0n) is 12.2. The molecule has 4 rings (SSSR count). The molecular weight excluding hydrogens is 299 g/mol. The number of carbonyl (C=O) groups excluding carboxylic acids is 1. The zero-order chi connectivity index (χ0) is 16.0. The average Bonchev–Trinajstić information content (AvgIpc) is 2.59. The summed E-state index contributed by atoms with van der Waals surface area (Å²) >= 11 is 0. The minimum absolute atomic E-state index is 0.241. The van der Waals surface area contributed by atoms with Crippen LogP contribution in [0.15, 0.2) is 42.5 Å². The highest BCUT2D eigenvalue weighted by molar-refractivity contribution is 6.05. The number of anilines is 1. The van der Waals surface area contributed by atoms with Crippen LogP contribution in [-0.2, 0) is 4.79 Å². The molecule has 1 saturated heterocycles. The molecule has 1 fully saturated rings. The third kappa shape index (κ3) is 2.14. The Morgan fingerprint density at radius 2 is 1.83 bits per heavy atom. The fourth-order valence-electron chi connectivity index (χ4n) is 3.03. The van der Waals surface area contributed by atoms with Crippen molar-refractivity contribution < 1.29 is 18.7 Å². The van der Waals surface area contributed by atoms with E-state index < -0.39 is 12.1 Å². The van der Waals surface area contributed by atoms with Crippen molar-refractivity contribution >= 4 is 11.6 Å². The number of hydrogen-bond acceptors (Lipinski definition) is 4. The predicted molar refractivity (Wildman–Crippen MR) is 82.0 cm³/mol. The lowest BCUT2D eigenvalue weighted by Gasteiger charge is -2.45. The normalized spacial score (nSPS) is 22.7. The molecule has 1 amide bonds. The predicted octanol–water partition coefficient (Wildman–Crippen LogP) is 2.01. The van der Waals surface area contributed by atoms with E-state index in [-0.39, 0.29) is 11.7 Å². The van der Waals surface area contributed by atoms with E-state index >= 15 is 0 Å². The van der Waals surface area contributed by atoms with Crippen LogP contribution in [0.5, 0.6) is 11.5 Å². The third-order valence-corrected chi connectivity index (χ3v) is 4.17. The van der Waals surface area contributed by atoms with Crippen LogP contribution in [0, 0.1) is 5.82 Å². The summed E-state index contributed by atoms with van der Waals surface area (Å²) in [7, 11) is 0. The summed E-state index contributed by atoms with van der Waals surface area (Å²) in [6.07, 6.45) is 0. The Morgan fingerprint density at radius 3 is 2.61 bits per heavy atom. The zero-order valence-corrected chi connectivity index (χ0v) is 12.2. The van der Waals surface area contributed by atoms with Crippen LogP contribution >= 0.6 is 0 Å². The Kier molecular flexibility index (Phi) is 3.20. The molecule has 0 aromatic heterocycles. The largest absolute Gasteiger partial charge is 0.486 e. The fraction of sp³-hybridized carbons (Fsp3) is 0.235. The smallest absolute Gasteiger partial charge is 0.247 e. The van der Waals surface area contributed by atoms with Crippen LogP contribution in [0.4, 0.5) is 10.1 Å². The second kappa shape index (κ2) is 5.24. The molecule has 2 aliphatic rings. The fourth-order valence-corrected chi connectivity index (χ4v) is 3.03. The molecule has 118 valence electrons. The first kappa shape index (κ1) is 14.0. The molecule has 0 bridgehead atoms. The molecule has 2 heterocycles. The topological polar surface area (TPSA) is 64.8 Å². The number of nitrogens with two attached hydrogens (primary N) is 1. The van der Waals surface area contributed by atoms with Gasteiger partial charge >= 0.3 is 0 Å². The Labute approximate surface area is 132 Å². The molecule has 2 aromatic carbocycles. The molecule has 23 heavy (non-hydrogen) atoms. The van der Waals surface area contributed by atoms with E-state index in [0.29, 0.717) is 36.0 Å². The summed E-state index contributed by atoms with van der Waals surface area (Å²) in [5, 5.41) is 0. The maximum Gasteiger partial charge on any atom is 0.247 e. The van der Waals surface area contributed by atoms with Gasteiger partial charge in [0.05, 0.1) is 6.04 Å². The summed E-state index contributed by atoms with van der Waals surface area (Å²) in [4.78, 5) is 13.7. The molecule has 0 spiro atoms. The van der Waals surface area contributed by atoms with Crippen molar-refractivity contribution in [1.29, 1.82) is 0 Å². The first-order valence-electron chi connectivity index (χ1n) is 7.39. The molecule has 0 aliphatic carbocycles. The number of fused-ring (bicyclic) bond motifs is 1. The average molecular weight is 314 g/mol. The van der Waals surface area contributed by atoms with Gasteiger partial charge in [0, 0.05) is 17.3 Å². The first-order valence-corrected chi connectivity index (χ1v) is 7.39. The van der Waals surface area contributed by atoms with Crippen molar-refractivity contribution in [3.8, 4) is 11.5 Å². The van der Waals surface area contributed by atoms with Crippen molar-refractivity contribution in [2.75, 3.05) is 18.1 Å². The molecule has 2 N–H and O–H groups in total. The summed E-state index contributed by atoms with van der Waals surface area (Å²) in [5.74, 6) is 0.604. The second-order valence-electron chi connectivity index (χ2n) is 5.53. The van der Waals surface area contributed by atoms with E-state index in [0.717, 1.165) is 0 Å². The lowest BCUT2D eigenvalue weighted by molar-refractivity contribution is -0.126. The van der Waals surface area contributed by atoms with Gasteiger partial charge in [0.2, 0.25) is 5.91 Å². The van der Waals surface area contributed by atoms with Gasteiger partial charge in [0.25, 0.3) is 0 Å². The molecule has 6 heteroatoms. The number of hydrogen-bond donors (Lipinski definition) is 1. The van der Waals surface area contributed by atoms with Gasteiger partial charge in [-0.3, -0.25) is 4.79 Å². The number of benzene rings is 2. The maximum atomic E-state index is 14.1. The van der Waals surface area contributed by atoms with Crippen LogP contribution in [0.3, 0.4) is 0 Å². The summed E-state index contributed by atoms with van der Waals surface area (Å²) < 4.78 is 25.1. The van der Waals surface area contributed by atoms with Crippen molar-refractivity contribution in [2.24, 2.45) is 5.73 Å². The van der Waals surface area contributed by atoms with Crippen molar-refractivity contribution in [1.82, 2.24) is 0 Å². The summed E-state index contributed by atoms with van der Waals surface area (Å²) in [6.45, 7) is 0.957. The highest BCUT2D eigenvalue weighted by Crippen LogP contribution is 2.42. The van der Waals surface area contributed by atoms with E-state index in [9.17, 15) is 9.18 Å². The van der Waals surface area contributed by atoms with E-state index in [1.165, 1.54) is 11.0 Å². The van der Waals surface area contributed by atoms with Crippen molar-refractivity contribution in [3.05, 3.63) is 53.8 Å². The number of halogens is 1. The van der Waals surface area contributed by atoms with Gasteiger partial charge < -0.3 is 20.1 Å².